The van der Waals surface area contributed by atoms with Crippen molar-refractivity contribution in [3.8, 4) is 0 Å². The summed E-state index contributed by atoms with van der Waals surface area (Å²) in [6.07, 6.45) is 0.481. The van der Waals surface area contributed by atoms with E-state index >= 15 is 0 Å². The first kappa shape index (κ1) is 23.2. The van der Waals surface area contributed by atoms with Crippen LogP contribution in [0.3, 0.4) is 0 Å². The topological polar surface area (TPSA) is 97.0 Å². The minimum atomic E-state index is -0.714. The van der Waals surface area contributed by atoms with Crippen LogP contribution in [0.4, 0.5) is 5.69 Å². The van der Waals surface area contributed by atoms with Crippen molar-refractivity contribution in [2.75, 3.05) is 44.4 Å². The number of hydrogen-bond acceptors (Lipinski definition) is 6. The first-order valence-corrected chi connectivity index (χ1v) is 11.0. The third-order valence-corrected chi connectivity index (χ3v) is 5.67. The molecule has 1 aromatic rings. The Morgan fingerprint density at radius 3 is 2.42 bits per heavy atom. The standard InChI is InChI=1S/C23H33N3O5/c1-15(2)12-19(23(29)25-21-16(3)13-31-14-20(21)27)24-22(28)17-4-6-18(7-5-17)26-8-10-30-11-9-26/h4-7,15-16,19,21H,8-14H2,1-3H3,(H,24,28)(H,25,29)/t16-,19?,21+/m1/s1. The van der Waals surface area contributed by atoms with Gasteiger partial charge in [0, 0.05) is 30.3 Å². The van der Waals surface area contributed by atoms with Crippen LogP contribution in [0, 0.1) is 11.8 Å². The molecule has 2 saturated heterocycles. The van der Waals surface area contributed by atoms with E-state index in [-0.39, 0.29) is 36.0 Å². The third kappa shape index (κ3) is 6.27. The Labute approximate surface area is 183 Å². The Balaban J connectivity index is 1.64. The van der Waals surface area contributed by atoms with Gasteiger partial charge < -0.3 is 25.0 Å². The molecule has 31 heavy (non-hydrogen) atoms. The second kappa shape index (κ2) is 10.7. The number of nitrogens with zero attached hydrogens (tertiary/aromatic N) is 1. The van der Waals surface area contributed by atoms with Crippen LogP contribution >= 0.6 is 0 Å². The van der Waals surface area contributed by atoms with Crippen molar-refractivity contribution in [2.45, 2.75) is 39.3 Å². The minimum absolute atomic E-state index is 0.00594. The summed E-state index contributed by atoms with van der Waals surface area (Å²) in [6, 6.07) is 6.08. The van der Waals surface area contributed by atoms with E-state index in [1.165, 1.54) is 0 Å². The number of Topliss-reactive ketones (excluding diaryl/α,β-unsaturated/α-hetero) is 1. The molecule has 2 heterocycles. The second-order valence-electron chi connectivity index (χ2n) is 8.75. The van der Waals surface area contributed by atoms with Crippen LogP contribution in [-0.4, -0.2) is 69.2 Å². The van der Waals surface area contributed by atoms with Crippen molar-refractivity contribution in [3.63, 3.8) is 0 Å². The number of nitrogens with one attached hydrogen (secondary N) is 2. The summed E-state index contributed by atoms with van der Waals surface area (Å²) in [6.45, 7) is 9.33. The Kier molecular flexibility index (Phi) is 8.03. The summed E-state index contributed by atoms with van der Waals surface area (Å²) in [5.41, 5.74) is 1.54. The molecule has 8 nitrogen and oxygen atoms in total. The highest BCUT2D eigenvalue weighted by Gasteiger charge is 2.33. The maximum absolute atomic E-state index is 12.9. The van der Waals surface area contributed by atoms with E-state index in [0.29, 0.717) is 31.8 Å². The molecular formula is C23H33N3O5. The van der Waals surface area contributed by atoms with Crippen LogP contribution in [0.1, 0.15) is 37.6 Å². The van der Waals surface area contributed by atoms with Gasteiger partial charge in [0.05, 0.1) is 25.9 Å². The predicted molar refractivity (Wildman–Crippen MR) is 117 cm³/mol. The summed E-state index contributed by atoms with van der Waals surface area (Å²) in [7, 11) is 0. The van der Waals surface area contributed by atoms with E-state index in [1.54, 1.807) is 12.1 Å². The van der Waals surface area contributed by atoms with Gasteiger partial charge in [-0.1, -0.05) is 20.8 Å². The molecule has 2 N–H and O–H groups in total. The van der Waals surface area contributed by atoms with Crippen LogP contribution < -0.4 is 15.5 Å². The number of ether oxygens (including phenoxy) is 2. The molecule has 2 aliphatic heterocycles. The van der Waals surface area contributed by atoms with E-state index in [1.807, 2.05) is 32.9 Å². The quantitative estimate of drug-likeness (QED) is 0.677. The van der Waals surface area contributed by atoms with E-state index in [4.69, 9.17) is 9.47 Å². The zero-order valence-corrected chi connectivity index (χ0v) is 18.6. The van der Waals surface area contributed by atoms with Gasteiger partial charge in [-0.05, 0) is 36.6 Å². The van der Waals surface area contributed by atoms with Crippen molar-refractivity contribution < 1.29 is 23.9 Å². The van der Waals surface area contributed by atoms with Gasteiger partial charge in [0.25, 0.3) is 5.91 Å². The number of rotatable bonds is 7. The summed E-state index contributed by atoms with van der Waals surface area (Å²) in [5, 5.41) is 5.69. The van der Waals surface area contributed by atoms with Crippen molar-refractivity contribution >= 4 is 23.3 Å². The minimum Gasteiger partial charge on any atom is -0.378 e. The molecule has 1 aromatic carbocycles. The molecule has 0 aliphatic carbocycles. The number of hydrogen-bond donors (Lipinski definition) is 2. The fourth-order valence-corrected chi connectivity index (χ4v) is 3.92. The SMILES string of the molecule is CC(C)CC(NC(=O)c1ccc(N2CCOCC2)cc1)C(=O)N[C@@H]1C(=O)COC[C@H]1C. The maximum atomic E-state index is 12.9. The number of benzene rings is 1. The van der Waals surface area contributed by atoms with Gasteiger partial charge in [0.2, 0.25) is 5.91 Å². The van der Waals surface area contributed by atoms with E-state index in [0.717, 1.165) is 18.8 Å². The lowest BCUT2D eigenvalue weighted by Gasteiger charge is -2.30. The van der Waals surface area contributed by atoms with Gasteiger partial charge in [-0.15, -0.1) is 0 Å². The Hall–Kier alpha value is -2.45. The lowest BCUT2D eigenvalue weighted by molar-refractivity contribution is -0.137. The van der Waals surface area contributed by atoms with Crippen molar-refractivity contribution in [1.82, 2.24) is 10.6 Å². The number of morpholine rings is 1. The van der Waals surface area contributed by atoms with Crippen molar-refractivity contribution in [3.05, 3.63) is 29.8 Å². The lowest BCUT2D eigenvalue weighted by atomic mass is 9.95. The Bertz CT molecular complexity index is 774. The summed E-state index contributed by atoms with van der Waals surface area (Å²) < 4.78 is 10.6. The van der Waals surface area contributed by atoms with Gasteiger partial charge in [-0.3, -0.25) is 14.4 Å². The van der Waals surface area contributed by atoms with Gasteiger partial charge in [0.1, 0.15) is 12.6 Å². The molecule has 0 radical (unpaired) electrons. The number of ketones is 1. The lowest BCUT2D eigenvalue weighted by Crippen LogP contribution is -2.56. The molecule has 2 aliphatic rings. The molecule has 0 bridgehead atoms. The van der Waals surface area contributed by atoms with E-state index < -0.39 is 12.1 Å². The maximum Gasteiger partial charge on any atom is 0.251 e. The van der Waals surface area contributed by atoms with E-state index in [9.17, 15) is 14.4 Å². The molecule has 2 amide bonds. The van der Waals surface area contributed by atoms with Crippen LogP contribution in [0.15, 0.2) is 24.3 Å². The number of carbonyl (C=O) groups excluding carboxylic acids is 3. The van der Waals surface area contributed by atoms with Gasteiger partial charge in [0.15, 0.2) is 5.78 Å². The predicted octanol–water partition coefficient (Wildman–Crippen LogP) is 1.39. The fourth-order valence-electron chi connectivity index (χ4n) is 3.92. The van der Waals surface area contributed by atoms with Gasteiger partial charge >= 0.3 is 0 Å². The van der Waals surface area contributed by atoms with Gasteiger partial charge in [-0.25, -0.2) is 0 Å². The first-order valence-electron chi connectivity index (χ1n) is 11.0. The largest absolute Gasteiger partial charge is 0.378 e. The number of anilines is 1. The summed E-state index contributed by atoms with van der Waals surface area (Å²) in [4.78, 5) is 40.1. The summed E-state index contributed by atoms with van der Waals surface area (Å²) >= 11 is 0. The molecule has 3 rings (SSSR count). The van der Waals surface area contributed by atoms with E-state index in [2.05, 4.69) is 15.5 Å². The highest BCUT2D eigenvalue weighted by atomic mass is 16.5. The van der Waals surface area contributed by atoms with Crippen LogP contribution in [0.5, 0.6) is 0 Å². The average molecular weight is 432 g/mol. The molecule has 0 aromatic heterocycles. The van der Waals surface area contributed by atoms with Crippen LogP contribution in [-0.2, 0) is 19.1 Å². The molecule has 1 unspecified atom stereocenters. The fraction of sp³-hybridized carbons (Fsp3) is 0.609. The molecule has 170 valence electrons. The first-order chi connectivity index (χ1) is 14.8. The zero-order chi connectivity index (χ0) is 22.4. The van der Waals surface area contributed by atoms with Crippen molar-refractivity contribution in [2.24, 2.45) is 11.8 Å². The molecule has 8 heteroatoms. The highest BCUT2D eigenvalue weighted by molar-refractivity contribution is 5.99. The highest BCUT2D eigenvalue weighted by Crippen LogP contribution is 2.17. The number of amides is 2. The van der Waals surface area contributed by atoms with Crippen molar-refractivity contribution in [1.29, 1.82) is 0 Å². The Morgan fingerprint density at radius 1 is 1.13 bits per heavy atom. The second-order valence-corrected chi connectivity index (χ2v) is 8.75. The molecule has 2 fully saturated rings. The van der Waals surface area contributed by atoms with Crippen LogP contribution in [0.25, 0.3) is 0 Å². The third-order valence-electron chi connectivity index (χ3n) is 5.67. The van der Waals surface area contributed by atoms with Crippen LogP contribution in [0.2, 0.25) is 0 Å². The smallest absolute Gasteiger partial charge is 0.251 e. The molecular weight excluding hydrogens is 398 g/mol. The van der Waals surface area contributed by atoms with Gasteiger partial charge in [-0.2, -0.15) is 0 Å². The molecule has 0 spiro atoms. The number of carbonyl (C=O) groups is 3. The zero-order valence-electron chi connectivity index (χ0n) is 18.6. The monoisotopic (exact) mass is 431 g/mol. The molecule has 3 atom stereocenters. The summed E-state index contributed by atoms with van der Waals surface area (Å²) in [5.74, 6) is -0.684. The Morgan fingerprint density at radius 2 is 1.81 bits per heavy atom. The normalized spacial score (nSPS) is 22.8. The molecule has 0 saturated carbocycles. The average Bonchev–Trinajstić information content (AvgIpc) is 2.76.